The quantitative estimate of drug-likeness (QED) is 0.516. The summed E-state index contributed by atoms with van der Waals surface area (Å²) in [6.07, 6.45) is 4.67. The van der Waals surface area contributed by atoms with Crippen LogP contribution >= 0.6 is 0 Å². The normalized spacial score (nSPS) is 13.9. The van der Waals surface area contributed by atoms with E-state index >= 15 is 0 Å². The van der Waals surface area contributed by atoms with Crippen LogP contribution in [0.3, 0.4) is 0 Å². The fourth-order valence-corrected chi connectivity index (χ4v) is 3.82. The van der Waals surface area contributed by atoms with Gasteiger partial charge in [0.1, 0.15) is 5.82 Å². The van der Waals surface area contributed by atoms with Crippen molar-refractivity contribution in [3.63, 3.8) is 0 Å². The summed E-state index contributed by atoms with van der Waals surface area (Å²) in [4.78, 5) is 22.7. The summed E-state index contributed by atoms with van der Waals surface area (Å²) in [5, 5.41) is 4.47. The molecule has 1 aliphatic heterocycles. The minimum absolute atomic E-state index is 0.0727. The van der Waals surface area contributed by atoms with E-state index in [2.05, 4.69) is 15.0 Å². The third-order valence-corrected chi connectivity index (χ3v) is 5.39. The number of fused-ring (bicyclic) bond motifs is 1. The number of hydrogen-bond donors (Lipinski definition) is 2. The van der Waals surface area contributed by atoms with Gasteiger partial charge < -0.3 is 10.7 Å². The number of aromatic nitrogens is 4. The van der Waals surface area contributed by atoms with E-state index in [0.717, 1.165) is 47.6 Å². The Hall–Kier alpha value is -3.71. The molecule has 0 atom stereocenters. The zero-order valence-corrected chi connectivity index (χ0v) is 16.5. The summed E-state index contributed by atoms with van der Waals surface area (Å²) in [6, 6.07) is 17.4. The highest BCUT2D eigenvalue weighted by Gasteiger charge is 2.22. The standard InChI is InChI=1S/C23H22N6O/c24-18-8-6-17(7-9-18)22-26-21-10-11-28(15-20(21)23(30)27-22)13-16-12-25-29(14-16)19-4-2-1-3-5-19/h1-9,12,14H,10-11,13,15,24H2,(H,26,27,30). The molecule has 0 unspecified atom stereocenters. The van der Waals surface area contributed by atoms with Gasteiger partial charge in [-0.1, -0.05) is 18.2 Å². The van der Waals surface area contributed by atoms with Crippen LogP contribution in [0.5, 0.6) is 0 Å². The summed E-state index contributed by atoms with van der Waals surface area (Å²) in [5.41, 5.74) is 11.0. The number of nitrogens with zero attached hydrogens (tertiary/aromatic N) is 4. The van der Waals surface area contributed by atoms with Crippen molar-refractivity contribution in [3.8, 4) is 17.1 Å². The number of nitrogen functional groups attached to an aromatic ring is 1. The third kappa shape index (κ3) is 3.62. The lowest BCUT2D eigenvalue weighted by atomic mass is 10.1. The first-order valence-corrected chi connectivity index (χ1v) is 9.95. The van der Waals surface area contributed by atoms with Gasteiger partial charge in [0, 0.05) is 49.1 Å². The van der Waals surface area contributed by atoms with Crippen LogP contribution in [0.2, 0.25) is 0 Å². The van der Waals surface area contributed by atoms with Crippen molar-refractivity contribution in [2.24, 2.45) is 0 Å². The summed E-state index contributed by atoms with van der Waals surface area (Å²) in [6.45, 7) is 2.17. The molecule has 5 rings (SSSR count). The molecule has 7 heteroatoms. The average Bonchev–Trinajstić information content (AvgIpc) is 3.24. The molecule has 1 aliphatic rings. The Labute approximate surface area is 173 Å². The van der Waals surface area contributed by atoms with Crippen molar-refractivity contribution in [2.45, 2.75) is 19.5 Å². The van der Waals surface area contributed by atoms with E-state index < -0.39 is 0 Å². The number of anilines is 1. The van der Waals surface area contributed by atoms with Crippen molar-refractivity contribution in [3.05, 3.63) is 94.2 Å². The largest absolute Gasteiger partial charge is 0.399 e. The predicted octanol–water partition coefficient (Wildman–Crippen LogP) is 2.76. The maximum Gasteiger partial charge on any atom is 0.255 e. The molecular weight excluding hydrogens is 376 g/mol. The van der Waals surface area contributed by atoms with Crippen LogP contribution in [0.15, 0.2) is 71.8 Å². The molecule has 7 nitrogen and oxygen atoms in total. The molecular formula is C23H22N6O. The second-order valence-electron chi connectivity index (χ2n) is 7.55. The Morgan fingerprint density at radius 2 is 1.87 bits per heavy atom. The second-order valence-corrected chi connectivity index (χ2v) is 7.55. The zero-order chi connectivity index (χ0) is 20.5. The maximum atomic E-state index is 12.7. The Balaban J connectivity index is 1.34. The van der Waals surface area contributed by atoms with Crippen LogP contribution < -0.4 is 11.3 Å². The lowest BCUT2D eigenvalue weighted by molar-refractivity contribution is 0.242. The Morgan fingerprint density at radius 1 is 1.07 bits per heavy atom. The number of nitrogens with two attached hydrogens (primary N) is 1. The zero-order valence-electron chi connectivity index (χ0n) is 16.5. The number of H-pyrrole nitrogens is 1. The summed E-state index contributed by atoms with van der Waals surface area (Å²) in [7, 11) is 0. The maximum absolute atomic E-state index is 12.7. The molecule has 0 spiro atoms. The van der Waals surface area contributed by atoms with Crippen molar-refractivity contribution in [2.75, 3.05) is 12.3 Å². The lowest BCUT2D eigenvalue weighted by Gasteiger charge is -2.27. The minimum Gasteiger partial charge on any atom is -0.399 e. The molecule has 0 saturated heterocycles. The van der Waals surface area contributed by atoms with Crippen molar-refractivity contribution >= 4 is 5.69 Å². The van der Waals surface area contributed by atoms with Gasteiger partial charge >= 0.3 is 0 Å². The fourth-order valence-electron chi connectivity index (χ4n) is 3.82. The van der Waals surface area contributed by atoms with Crippen molar-refractivity contribution in [1.29, 1.82) is 0 Å². The van der Waals surface area contributed by atoms with Crippen LogP contribution in [0.25, 0.3) is 17.1 Å². The van der Waals surface area contributed by atoms with Crippen LogP contribution in [-0.4, -0.2) is 31.2 Å². The van der Waals surface area contributed by atoms with Gasteiger partial charge in [-0.3, -0.25) is 9.69 Å². The van der Waals surface area contributed by atoms with Crippen LogP contribution in [0, 0.1) is 0 Å². The summed E-state index contributed by atoms with van der Waals surface area (Å²) >= 11 is 0. The average molecular weight is 398 g/mol. The van der Waals surface area contributed by atoms with Crippen molar-refractivity contribution in [1.82, 2.24) is 24.6 Å². The topological polar surface area (TPSA) is 92.8 Å². The minimum atomic E-state index is -0.0727. The first kappa shape index (κ1) is 18.3. The molecule has 30 heavy (non-hydrogen) atoms. The van der Waals surface area contributed by atoms with Gasteiger partial charge in [-0.15, -0.1) is 0 Å². The first-order chi connectivity index (χ1) is 14.7. The summed E-state index contributed by atoms with van der Waals surface area (Å²) in [5.74, 6) is 0.594. The number of rotatable bonds is 4. The van der Waals surface area contributed by atoms with Gasteiger partial charge in [0.2, 0.25) is 0 Å². The van der Waals surface area contributed by atoms with E-state index in [1.54, 1.807) is 0 Å². The Kier molecular flexibility index (Phi) is 4.65. The molecule has 0 saturated carbocycles. The molecule has 150 valence electrons. The van der Waals surface area contributed by atoms with Crippen LogP contribution in [0.1, 0.15) is 16.8 Å². The molecule has 2 aromatic heterocycles. The van der Waals surface area contributed by atoms with Gasteiger partial charge in [0.15, 0.2) is 0 Å². The van der Waals surface area contributed by atoms with Gasteiger partial charge in [0.25, 0.3) is 5.56 Å². The van der Waals surface area contributed by atoms with Crippen LogP contribution in [-0.2, 0) is 19.5 Å². The molecule has 3 heterocycles. The number of hydrogen-bond acceptors (Lipinski definition) is 5. The molecule has 0 amide bonds. The second kappa shape index (κ2) is 7.61. The number of nitrogens with one attached hydrogen (secondary N) is 1. The highest BCUT2D eigenvalue weighted by Crippen LogP contribution is 2.21. The van der Waals surface area contributed by atoms with E-state index in [4.69, 9.17) is 10.7 Å². The number of aromatic amines is 1. The molecule has 2 aromatic carbocycles. The lowest BCUT2D eigenvalue weighted by Crippen LogP contribution is -2.35. The predicted molar refractivity (Wildman–Crippen MR) is 116 cm³/mol. The van der Waals surface area contributed by atoms with Gasteiger partial charge in [-0.2, -0.15) is 5.10 Å². The number of para-hydroxylation sites is 1. The van der Waals surface area contributed by atoms with Gasteiger partial charge in [0.05, 0.1) is 23.1 Å². The summed E-state index contributed by atoms with van der Waals surface area (Å²) < 4.78 is 1.88. The fraction of sp³-hybridized carbons (Fsp3) is 0.174. The van der Waals surface area contributed by atoms with Gasteiger partial charge in [-0.05, 0) is 36.4 Å². The van der Waals surface area contributed by atoms with Crippen molar-refractivity contribution < 1.29 is 0 Å². The molecule has 0 bridgehead atoms. The Bertz CT molecular complexity index is 1230. The van der Waals surface area contributed by atoms with E-state index in [9.17, 15) is 4.79 Å². The monoisotopic (exact) mass is 398 g/mol. The van der Waals surface area contributed by atoms with E-state index in [1.165, 1.54) is 0 Å². The molecule has 0 aliphatic carbocycles. The molecule has 0 fully saturated rings. The Morgan fingerprint density at radius 3 is 2.67 bits per heavy atom. The van der Waals surface area contributed by atoms with E-state index in [1.807, 2.05) is 71.7 Å². The smallest absolute Gasteiger partial charge is 0.255 e. The molecule has 3 N–H and O–H groups in total. The number of benzene rings is 2. The molecule has 0 radical (unpaired) electrons. The third-order valence-electron chi connectivity index (χ3n) is 5.39. The highest BCUT2D eigenvalue weighted by molar-refractivity contribution is 5.58. The molecule has 4 aromatic rings. The first-order valence-electron chi connectivity index (χ1n) is 9.95. The van der Waals surface area contributed by atoms with Gasteiger partial charge in [-0.25, -0.2) is 9.67 Å². The SMILES string of the molecule is Nc1ccc(-c2nc3c(c(=O)[nH]2)CN(Cc2cnn(-c4ccccc4)c2)CC3)cc1. The highest BCUT2D eigenvalue weighted by atomic mass is 16.1. The van der Waals surface area contributed by atoms with E-state index in [0.29, 0.717) is 18.1 Å². The van der Waals surface area contributed by atoms with Crippen LogP contribution in [0.4, 0.5) is 5.69 Å². The van der Waals surface area contributed by atoms with E-state index in [-0.39, 0.29) is 5.56 Å².